The maximum absolute atomic E-state index is 11.9. The van der Waals surface area contributed by atoms with Crippen molar-refractivity contribution in [2.45, 2.75) is 88.6 Å². The Morgan fingerprint density at radius 3 is 2.50 bits per heavy atom. The largest absolute Gasteiger partial charge is 0.396 e. The second-order valence-electron chi connectivity index (χ2n) is 12.3. The molecule has 6 saturated carbocycles. The standard InChI is InChI=1S/C24H36O4/c1-21-6-3-12(26)11-23(21,27)16-9-13(16)19-15(21)4-7-22(2)20(19)14-10-17(14)24(22)18(28-24)5-8-25/h12-20,25-27H,3-11H2,1-2H3/t12?,13-,14+,15?,16+,17-,18?,19?,20?,21?,22-,23?,24+/m0/s1. The van der Waals surface area contributed by atoms with Crippen molar-refractivity contribution in [2.24, 2.45) is 52.3 Å². The monoisotopic (exact) mass is 388 g/mol. The Hall–Kier alpha value is -0.160. The van der Waals surface area contributed by atoms with E-state index in [4.69, 9.17) is 4.74 Å². The van der Waals surface area contributed by atoms with E-state index in [2.05, 4.69) is 13.8 Å². The van der Waals surface area contributed by atoms with E-state index < -0.39 is 5.60 Å². The first kappa shape index (κ1) is 17.5. The van der Waals surface area contributed by atoms with Gasteiger partial charge in [-0.3, -0.25) is 0 Å². The van der Waals surface area contributed by atoms with E-state index >= 15 is 0 Å². The number of aliphatic hydroxyl groups excluding tert-OH is 2. The van der Waals surface area contributed by atoms with Crippen molar-refractivity contribution < 1.29 is 20.1 Å². The molecule has 7 unspecified atom stereocenters. The molecule has 0 aromatic rings. The number of aliphatic hydroxyl groups is 3. The van der Waals surface area contributed by atoms with E-state index in [0.29, 0.717) is 24.2 Å². The zero-order valence-corrected chi connectivity index (χ0v) is 17.3. The molecular formula is C24H36O4. The van der Waals surface area contributed by atoms with Crippen LogP contribution < -0.4 is 0 Å². The van der Waals surface area contributed by atoms with Gasteiger partial charge >= 0.3 is 0 Å². The molecule has 0 aromatic carbocycles. The van der Waals surface area contributed by atoms with Crippen molar-refractivity contribution in [3.05, 3.63) is 0 Å². The zero-order valence-electron chi connectivity index (χ0n) is 17.3. The van der Waals surface area contributed by atoms with Crippen molar-refractivity contribution in [1.82, 2.24) is 0 Å². The third-order valence-corrected chi connectivity index (χ3v) is 11.8. The van der Waals surface area contributed by atoms with Gasteiger partial charge in [0, 0.05) is 18.4 Å². The predicted molar refractivity (Wildman–Crippen MR) is 103 cm³/mol. The van der Waals surface area contributed by atoms with E-state index in [-0.39, 0.29) is 35.2 Å². The number of ether oxygens (including phenoxy) is 1. The lowest BCUT2D eigenvalue weighted by Gasteiger charge is -2.64. The van der Waals surface area contributed by atoms with Gasteiger partial charge in [-0.15, -0.1) is 0 Å². The topological polar surface area (TPSA) is 73.2 Å². The van der Waals surface area contributed by atoms with Gasteiger partial charge in [-0.2, -0.15) is 0 Å². The molecule has 1 aliphatic heterocycles. The number of rotatable bonds is 2. The van der Waals surface area contributed by atoms with E-state index in [1.807, 2.05) is 0 Å². The van der Waals surface area contributed by atoms with Crippen molar-refractivity contribution in [2.75, 3.05) is 6.61 Å². The Balaban J connectivity index is 1.28. The van der Waals surface area contributed by atoms with Crippen LogP contribution in [0.2, 0.25) is 0 Å². The summed E-state index contributed by atoms with van der Waals surface area (Å²) < 4.78 is 6.48. The van der Waals surface area contributed by atoms with E-state index in [1.165, 1.54) is 25.7 Å². The smallest absolute Gasteiger partial charge is 0.104 e. The molecule has 3 N–H and O–H groups in total. The van der Waals surface area contributed by atoms with E-state index in [1.54, 1.807) is 0 Å². The van der Waals surface area contributed by atoms with Gasteiger partial charge in [0.2, 0.25) is 0 Å². The summed E-state index contributed by atoms with van der Waals surface area (Å²) >= 11 is 0. The number of epoxide rings is 1. The molecule has 4 heteroatoms. The van der Waals surface area contributed by atoms with Gasteiger partial charge in [-0.1, -0.05) is 13.8 Å². The van der Waals surface area contributed by atoms with Crippen molar-refractivity contribution in [3.8, 4) is 0 Å². The van der Waals surface area contributed by atoms with Crippen molar-refractivity contribution in [1.29, 1.82) is 0 Å². The molecule has 0 bridgehead atoms. The van der Waals surface area contributed by atoms with Crippen LogP contribution in [0.25, 0.3) is 0 Å². The first-order valence-electron chi connectivity index (χ1n) is 12.0. The summed E-state index contributed by atoms with van der Waals surface area (Å²) in [6, 6.07) is 0. The first-order valence-corrected chi connectivity index (χ1v) is 12.0. The van der Waals surface area contributed by atoms with Crippen LogP contribution in [0.5, 0.6) is 0 Å². The number of hydrogen-bond acceptors (Lipinski definition) is 4. The van der Waals surface area contributed by atoms with Gasteiger partial charge in [-0.25, -0.2) is 0 Å². The minimum absolute atomic E-state index is 0.0229. The fraction of sp³-hybridized carbons (Fsp3) is 1.00. The summed E-state index contributed by atoms with van der Waals surface area (Å²) in [5, 5.41) is 31.7. The Morgan fingerprint density at radius 1 is 0.964 bits per heavy atom. The Kier molecular flexibility index (Phi) is 3.03. The lowest BCUT2D eigenvalue weighted by Crippen LogP contribution is -2.65. The molecular weight excluding hydrogens is 352 g/mol. The summed E-state index contributed by atoms with van der Waals surface area (Å²) in [4.78, 5) is 0. The highest BCUT2D eigenvalue weighted by molar-refractivity contribution is 5.34. The molecule has 7 aliphatic rings. The maximum Gasteiger partial charge on any atom is 0.104 e. The molecule has 4 nitrogen and oxygen atoms in total. The third kappa shape index (κ3) is 1.63. The Bertz CT molecular complexity index is 740. The van der Waals surface area contributed by atoms with Crippen LogP contribution in [-0.4, -0.2) is 45.3 Å². The maximum atomic E-state index is 11.9. The van der Waals surface area contributed by atoms with Gasteiger partial charge in [0.1, 0.15) is 5.60 Å². The lowest BCUT2D eigenvalue weighted by molar-refractivity contribution is -0.228. The lowest BCUT2D eigenvalue weighted by atomic mass is 9.42. The fourth-order valence-electron chi connectivity index (χ4n) is 10.6. The summed E-state index contributed by atoms with van der Waals surface area (Å²) in [5.41, 5.74) is -0.323. The second kappa shape index (κ2) is 4.84. The highest BCUT2D eigenvalue weighted by Gasteiger charge is 2.87. The van der Waals surface area contributed by atoms with Crippen LogP contribution in [0.15, 0.2) is 0 Å². The third-order valence-electron chi connectivity index (χ3n) is 11.8. The van der Waals surface area contributed by atoms with Crippen LogP contribution in [0.3, 0.4) is 0 Å². The normalized spacial score (nSPS) is 70.4. The Labute approximate surface area is 168 Å². The zero-order chi connectivity index (χ0) is 19.3. The highest BCUT2D eigenvalue weighted by Crippen LogP contribution is 2.85. The summed E-state index contributed by atoms with van der Waals surface area (Å²) in [7, 11) is 0. The molecule has 156 valence electrons. The molecule has 0 radical (unpaired) electrons. The molecule has 7 fully saturated rings. The summed E-state index contributed by atoms with van der Waals surface area (Å²) in [5.74, 6) is 4.75. The molecule has 0 aromatic heterocycles. The summed E-state index contributed by atoms with van der Waals surface area (Å²) in [6.07, 6.45) is 8.18. The van der Waals surface area contributed by atoms with Gasteiger partial charge in [0.15, 0.2) is 0 Å². The van der Waals surface area contributed by atoms with Crippen molar-refractivity contribution in [3.63, 3.8) is 0 Å². The van der Waals surface area contributed by atoms with E-state index in [9.17, 15) is 15.3 Å². The number of fused-ring (bicyclic) bond motifs is 12. The molecule has 1 saturated heterocycles. The minimum Gasteiger partial charge on any atom is -0.396 e. The quantitative estimate of drug-likeness (QED) is 0.636. The molecule has 28 heavy (non-hydrogen) atoms. The van der Waals surface area contributed by atoms with Gasteiger partial charge < -0.3 is 20.1 Å². The van der Waals surface area contributed by atoms with Crippen LogP contribution in [0.1, 0.15) is 65.2 Å². The minimum atomic E-state index is -0.640. The Morgan fingerprint density at radius 2 is 1.71 bits per heavy atom. The number of hydrogen-bond donors (Lipinski definition) is 3. The van der Waals surface area contributed by atoms with E-state index in [0.717, 1.165) is 42.9 Å². The van der Waals surface area contributed by atoms with Gasteiger partial charge in [0.25, 0.3) is 0 Å². The average molecular weight is 389 g/mol. The molecule has 7 rings (SSSR count). The van der Waals surface area contributed by atoms with Crippen LogP contribution in [0, 0.1) is 52.3 Å². The summed E-state index contributed by atoms with van der Waals surface area (Å²) in [6.45, 7) is 5.16. The fourth-order valence-corrected chi connectivity index (χ4v) is 10.6. The SMILES string of the molecule is CC12CCC(O)CC1(O)[C@@H]1C[C@@H]1C1C2CC[C@@]2(C)C1[C@@H]1C[C@@H]1[C@]21OC1CCO. The second-order valence-corrected chi connectivity index (χ2v) is 12.3. The van der Waals surface area contributed by atoms with Crippen molar-refractivity contribution >= 4 is 0 Å². The van der Waals surface area contributed by atoms with Gasteiger partial charge in [-0.05, 0) is 91.8 Å². The average Bonchev–Trinajstić information content (AvgIpc) is 3.50. The van der Waals surface area contributed by atoms with Crippen LogP contribution in [0.4, 0.5) is 0 Å². The van der Waals surface area contributed by atoms with Crippen LogP contribution >= 0.6 is 0 Å². The molecule has 0 amide bonds. The highest BCUT2D eigenvalue weighted by atomic mass is 16.6. The molecule has 13 atom stereocenters. The van der Waals surface area contributed by atoms with Crippen LogP contribution in [-0.2, 0) is 4.74 Å². The van der Waals surface area contributed by atoms with Gasteiger partial charge in [0.05, 0.1) is 17.8 Å². The predicted octanol–water partition coefficient (Wildman–Crippen LogP) is 2.74. The molecule has 1 heterocycles. The molecule has 1 spiro atoms. The first-order chi connectivity index (χ1) is 13.3. The molecule has 6 aliphatic carbocycles.